The summed E-state index contributed by atoms with van der Waals surface area (Å²) in [7, 11) is 0. The quantitative estimate of drug-likeness (QED) is 0.774. The molecule has 1 aromatic carbocycles. The Bertz CT molecular complexity index is 734. The molecule has 20 heavy (non-hydrogen) atoms. The number of nitrogens with zero attached hydrogens (tertiary/aromatic N) is 3. The van der Waals surface area contributed by atoms with Gasteiger partial charge in [-0.05, 0) is 19.1 Å². The predicted molar refractivity (Wildman–Crippen MR) is 76.6 cm³/mol. The fourth-order valence-electron chi connectivity index (χ4n) is 1.70. The zero-order chi connectivity index (χ0) is 13.9. The molecule has 0 unspecified atom stereocenters. The number of nitrogens with one attached hydrogen (secondary N) is 2. The van der Waals surface area contributed by atoms with Crippen molar-refractivity contribution in [3.05, 3.63) is 47.9 Å². The van der Waals surface area contributed by atoms with Crippen molar-refractivity contribution in [2.75, 3.05) is 5.32 Å². The van der Waals surface area contributed by atoms with Crippen LogP contribution in [0.4, 0.5) is 5.13 Å². The zero-order valence-electron chi connectivity index (χ0n) is 10.6. The number of imidazole rings is 1. The highest BCUT2D eigenvalue weighted by Crippen LogP contribution is 2.26. The lowest BCUT2D eigenvalue weighted by Crippen LogP contribution is -2.11. The molecule has 0 fully saturated rings. The minimum absolute atomic E-state index is 0.202. The maximum absolute atomic E-state index is 12.0. The summed E-state index contributed by atoms with van der Waals surface area (Å²) in [6, 6.07) is 8.98. The highest BCUT2D eigenvalue weighted by atomic mass is 32.1. The summed E-state index contributed by atoms with van der Waals surface area (Å²) in [4.78, 5) is 19.1. The molecule has 2 N–H and O–H groups in total. The first kappa shape index (κ1) is 12.5. The topological polar surface area (TPSA) is 83.6 Å². The van der Waals surface area contributed by atoms with E-state index in [1.54, 1.807) is 18.5 Å². The van der Waals surface area contributed by atoms with Crippen molar-refractivity contribution < 1.29 is 4.79 Å². The van der Waals surface area contributed by atoms with E-state index in [0.717, 1.165) is 11.4 Å². The van der Waals surface area contributed by atoms with E-state index in [-0.39, 0.29) is 5.91 Å². The number of amides is 1. The highest BCUT2D eigenvalue weighted by molar-refractivity contribution is 7.18. The summed E-state index contributed by atoms with van der Waals surface area (Å²) >= 11 is 1.29. The van der Waals surface area contributed by atoms with Crippen molar-refractivity contribution in [1.82, 2.24) is 20.2 Å². The van der Waals surface area contributed by atoms with Crippen LogP contribution in [0.15, 0.2) is 36.7 Å². The first-order valence-electron chi connectivity index (χ1n) is 5.94. The van der Waals surface area contributed by atoms with Crippen molar-refractivity contribution in [2.45, 2.75) is 6.92 Å². The Morgan fingerprint density at radius 1 is 1.25 bits per heavy atom. The molecule has 0 aliphatic heterocycles. The standard InChI is InChI=1S/C13H11N5OS/c1-8-10(15-7-14-8)12-17-18-13(20-12)16-11(19)9-5-3-2-4-6-9/h2-7H,1H3,(H,14,15)(H,16,18,19). The van der Waals surface area contributed by atoms with E-state index in [4.69, 9.17) is 0 Å². The van der Waals surface area contributed by atoms with Crippen LogP contribution < -0.4 is 5.32 Å². The lowest BCUT2D eigenvalue weighted by atomic mass is 10.2. The lowest BCUT2D eigenvalue weighted by Gasteiger charge is -1.99. The van der Waals surface area contributed by atoms with Gasteiger partial charge in [0.25, 0.3) is 5.91 Å². The first-order chi connectivity index (χ1) is 9.74. The molecule has 0 atom stereocenters. The minimum atomic E-state index is -0.202. The Labute approximate surface area is 118 Å². The Morgan fingerprint density at radius 3 is 2.75 bits per heavy atom. The SMILES string of the molecule is Cc1[nH]cnc1-c1nnc(NC(=O)c2ccccc2)s1. The van der Waals surface area contributed by atoms with Gasteiger partial charge in [-0.25, -0.2) is 4.98 Å². The summed E-state index contributed by atoms with van der Waals surface area (Å²) < 4.78 is 0. The fraction of sp³-hybridized carbons (Fsp3) is 0.0769. The third kappa shape index (κ3) is 2.43. The molecule has 0 spiro atoms. The van der Waals surface area contributed by atoms with Crippen LogP contribution in [-0.4, -0.2) is 26.1 Å². The second-order valence-corrected chi connectivity index (χ2v) is 5.09. The second-order valence-electron chi connectivity index (χ2n) is 4.11. The third-order valence-corrected chi connectivity index (χ3v) is 3.56. The minimum Gasteiger partial charge on any atom is -0.348 e. The average Bonchev–Trinajstić information content (AvgIpc) is 3.08. The first-order valence-corrected chi connectivity index (χ1v) is 6.76. The van der Waals surface area contributed by atoms with Crippen molar-refractivity contribution in [3.63, 3.8) is 0 Å². The molecule has 7 heteroatoms. The number of anilines is 1. The van der Waals surface area contributed by atoms with E-state index in [1.807, 2.05) is 25.1 Å². The Kier molecular flexibility index (Phi) is 3.26. The Balaban J connectivity index is 1.78. The number of hydrogen-bond donors (Lipinski definition) is 2. The lowest BCUT2D eigenvalue weighted by molar-refractivity contribution is 0.102. The van der Waals surface area contributed by atoms with Crippen LogP contribution in [0.5, 0.6) is 0 Å². The molecule has 6 nitrogen and oxygen atoms in total. The second kappa shape index (κ2) is 5.22. The Hall–Kier alpha value is -2.54. The summed E-state index contributed by atoms with van der Waals surface area (Å²) in [5.41, 5.74) is 2.25. The highest BCUT2D eigenvalue weighted by Gasteiger charge is 2.13. The maximum Gasteiger partial charge on any atom is 0.257 e. The number of carbonyl (C=O) groups is 1. The van der Waals surface area contributed by atoms with Crippen LogP contribution in [0.1, 0.15) is 16.1 Å². The molecule has 1 amide bonds. The van der Waals surface area contributed by atoms with Gasteiger partial charge in [-0.2, -0.15) is 0 Å². The molecule has 0 aliphatic rings. The normalized spacial score (nSPS) is 10.4. The van der Waals surface area contributed by atoms with Crippen LogP contribution >= 0.6 is 11.3 Å². The van der Waals surface area contributed by atoms with Gasteiger partial charge in [-0.15, -0.1) is 10.2 Å². The van der Waals surface area contributed by atoms with Crippen molar-refractivity contribution in [3.8, 4) is 10.7 Å². The van der Waals surface area contributed by atoms with Gasteiger partial charge >= 0.3 is 0 Å². The summed E-state index contributed by atoms with van der Waals surface area (Å²) in [5.74, 6) is -0.202. The largest absolute Gasteiger partial charge is 0.348 e. The molecule has 0 bridgehead atoms. The number of H-pyrrole nitrogens is 1. The van der Waals surface area contributed by atoms with Crippen LogP contribution in [0.2, 0.25) is 0 Å². The average molecular weight is 285 g/mol. The fourth-order valence-corrected chi connectivity index (χ4v) is 2.50. The smallest absolute Gasteiger partial charge is 0.257 e. The number of rotatable bonds is 3. The molecular weight excluding hydrogens is 274 g/mol. The molecular formula is C13H11N5OS. The molecule has 3 rings (SSSR count). The summed E-state index contributed by atoms with van der Waals surface area (Å²) in [6.45, 7) is 1.91. The monoisotopic (exact) mass is 285 g/mol. The van der Waals surface area contributed by atoms with Crippen LogP contribution in [0, 0.1) is 6.92 Å². The number of aromatic nitrogens is 4. The number of aryl methyl sites for hydroxylation is 1. The number of benzene rings is 1. The van der Waals surface area contributed by atoms with E-state index in [0.29, 0.717) is 15.7 Å². The molecule has 0 radical (unpaired) electrons. The molecule has 2 heterocycles. The number of hydrogen-bond acceptors (Lipinski definition) is 5. The van der Waals surface area contributed by atoms with E-state index in [9.17, 15) is 4.79 Å². The van der Waals surface area contributed by atoms with Crippen LogP contribution in [-0.2, 0) is 0 Å². The van der Waals surface area contributed by atoms with Crippen molar-refractivity contribution in [1.29, 1.82) is 0 Å². The Morgan fingerprint density at radius 2 is 2.05 bits per heavy atom. The zero-order valence-corrected chi connectivity index (χ0v) is 11.4. The molecule has 3 aromatic rings. The van der Waals surface area contributed by atoms with E-state index >= 15 is 0 Å². The molecule has 100 valence electrons. The van der Waals surface area contributed by atoms with Crippen LogP contribution in [0.3, 0.4) is 0 Å². The molecule has 2 aromatic heterocycles. The maximum atomic E-state index is 12.0. The van der Waals surface area contributed by atoms with Gasteiger partial charge in [-0.1, -0.05) is 29.5 Å². The van der Waals surface area contributed by atoms with Gasteiger partial charge in [-0.3, -0.25) is 10.1 Å². The molecule has 0 aliphatic carbocycles. The van der Waals surface area contributed by atoms with E-state index in [2.05, 4.69) is 25.5 Å². The van der Waals surface area contributed by atoms with E-state index in [1.165, 1.54) is 11.3 Å². The van der Waals surface area contributed by atoms with Gasteiger partial charge in [0.15, 0.2) is 5.01 Å². The van der Waals surface area contributed by atoms with Gasteiger partial charge in [0.2, 0.25) is 5.13 Å². The molecule has 0 saturated carbocycles. The van der Waals surface area contributed by atoms with Gasteiger partial charge < -0.3 is 4.98 Å². The number of aromatic amines is 1. The van der Waals surface area contributed by atoms with Gasteiger partial charge in [0.05, 0.1) is 6.33 Å². The summed E-state index contributed by atoms with van der Waals surface area (Å²) in [5, 5.41) is 11.9. The summed E-state index contributed by atoms with van der Waals surface area (Å²) in [6.07, 6.45) is 1.61. The van der Waals surface area contributed by atoms with Crippen LogP contribution in [0.25, 0.3) is 10.7 Å². The van der Waals surface area contributed by atoms with Gasteiger partial charge in [0, 0.05) is 11.3 Å². The van der Waals surface area contributed by atoms with E-state index < -0.39 is 0 Å². The number of carbonyl (C=O) groups excluding carboxylic acids is 1. The van der Waals surface area contributed by atoms with Gasteiger partial charge in [0.1, 0.15) is 5.69 Å². The van der Waals surface area contributed by atoms with Crippen molar-refractivity contribution in [2.24, 2.45) is 0 Å². The van der Waals surface area contributed by atoms with Crippen molar-refractivity contribution >= 4 is 22.4 Å². The third-order valence-electron chi connectivity index (χ3n) is 2.71. The molecule has 0 saturated heterocycles. The predicted octanol–water partition coefficient (Wildman–Crippen LogP) is 2.49.